The minimum absolute atomic E-state index is 0.274. The molecule has 1 aliphatic heterocycles. The SMILES string of the molecule is CC1(C(=O)O)CCCN1C(=O)c1ccc(F)cc1Br. The Morgan fingerprint density at radius 2 is 2.16 bits per heavy atom. The zero-order valence-corrected chi connectivity index (χ0v) is 11.9. The van der Waals surface area contributed by atoms with Gasteiger partial charge in [0.2, 0.25) is 0 Å². The molecule has 102 valence electrons. The largest absolute Gasteiger partial charge is 0.480 e. The molecule has 4 nitrogen and oxygen atoms in total. The van der Waals surface area contributed by atoms with Crippen molar-refractivity contribution in [3.05, 3.63) is 34.1 Å². The number of carboxylic acids is 1. The number of likely N-dealkylation sites (tertiary alicyclic amines) is 1. The molecular weight excluding hydrogens is 317 g/mol. The Kier molecular flexibility index (Phi) is 3.62. The highest BCUT2D eigenvalue weighted by molar-refractivity contribution is 9.10. The first-order valence-electron chi connectivity index (χ1n) is 5.86. The maximum Gasteiger partial charge on any atom is 0.329 e. The molecule has 1 aliphatic rings. The van der Waals surface area contributed by atoms with Crippen LogP contribution in [0.25, 0.3) is 0 Å². The second-order valence-electron chi connectivity index (χ2n) is 4.76. The molecule has 0 bridgehead atoms. The van der Waals surface area contributed by atoms with Crippen LogP contribution in [-0.4, -0.2) is 34.0 Å². The molecule has 1 aromatic carbocycles. The van der Waals surface area contributed by atoms with Gasteiger partial charge in [-0.3, -0.25) is 4.79 Å². The summed E-state index contributed by atoms with van der Waals surface area (Å²) in [6.45, 7) is 1.93. The Bertz CT molecular complexity index is 549. The summed E-state index contributed by atoms with van der Waals surface area (Å²) in [6.07, 6.45) is 1.07. The number of benzene rings is 1. The van der Waals surface area contributed by atoms with Crippen molar-refractivity contribution in [2.75, 3.05) is 6.54 Å². The van der Waals surface area contributed by atoms with Gasteiger partial charge in [0.05, 0.1) is 5.56 Å². The van der Waals surface area contributed by atoms with E-state index in [-0.39, 0.29) is 5.56 Å². The van der Waals surface area contributed by atoms with E-state index in [2.05, 4.69) is 15.9 Å². The van der Waals surface area contributed by atoms with E-state index in [1.165, 1.54) is 30.0 Å². The summed E-state index contributed by atoms with van der Waals surface area (Å²) in [7, 11) is 0. The van der Waals surface area contributed by atoms with Gasteiger partial charge >= 0.3 is 5.97 Å². The third-order valence-electron chi connectivity index (χ3n) is 3.51. The number of carbonyl (C=O) groups is 2. The predicted molar refractivity (Wildman–Crippen MR) is 70.4 cm³/mol. The van der Waals surface area contributed by atoms with Crippen molar-refractivity contribution in [3.63, 3.8) is 0 Å². The number of rotatable bonds is 2. The summed E-state index contributed by atoms with van der Waals surface area (Å²) in [5.41, 5.74) is -0.916. The molecule has 1 heterocycles. The average molecular weight is 330 g/mol. The van der Waals surface area contributed by atoms with Crippen molar-refractivity contribution in [2.24, 2.45) is 0 Å². The van der Waals surface area contributed by atoms with E-state index >= 15 is 0 Å². The standard InChI is InChI=1S/C13H13BrFNO3/c1-13(12(18)19)5-2-6-16(13)11(17)9-4-3-8(15)7-10(9)14/h3-4,7H,2,5-6H2,1H3,(H,18,19). The molecule has 1 unspecified atom stereocenters. The van der Waals surface area contributed by atoms with Gasteiger partial charge in [0.15, 0.2) is 0 Å². The zero-order valence-electron chi connectivity index (χ0n) is 10.3. The van der Waals surface area contributed by atoms with E-state index in [0.29, 0.717) is 23.9 Å². The molecule has 0 spiro atoms. The molecule has 6 heteroatoms. The minimum atomic E-state index is -1.19. The number of halogens is 2. The van der Waals surface area contributed by atoms with Crippen LogP contribution < -0.4 is 0 Å². The number of carbonyl (C=O) groups excluding carboxylic acids is 1. The highest BCUT2D eigenvalue weighted by Gasteiger charge is 2.46. The Balaban J connectivity index is 2.36. The first kappa shape index (κ1) is 14.0. The van der Waals surface area contributed by atoms with Crippen LogP contribution in [0.3, 0.4) is 0 Å². The molecule has 0 saturated carbocycles. The predicted octanol–water partition coefficient (Wildman–Crippen LogP) is 2.67. The van der Waals surface area contributed by atoms with E-state index < -0.39 is 23.2 Å². The molecular formula is C13H13BrFNO3. The summed E-state index contributed by atoms with van der Waals surface area (Å²) in [4.78, 5) is 25.1. The van der Waals surface area contributed by atoms with Gasteiger partial charge in [-0.1, -0.05) is 0 Å². The smallest absolute Gasteiger partial charge is 0.329 e. The number of hydrogen-bond acceptors (Lipinski definition) is 2. The lowest BCUT2D eigenvalue weighted by Crippen LogP contribution is -2.50. The fourth-order valence-corrected chi connectivity index (χ4v) is 2.84. The normalized spacial score (nSPS) is 22.6. The summed E-state index contributed by atoms with van der Waals surface area (Å²) in [6, 6.07) is 3.75. The average Bonchev–Trinajstić information content (AvgIpc) is 2.72. The van der Waals surface area contributed by atoms with Gasteiger partial charge in [0.1, 0.15) is 11.4 Å². The molecule has 1 amide bonds. The van der Waals surface area contributed by atoms with Crippen LogP contribution >= 0.6 is 15.9 Å². The molecule has 0 aliphatic carbocycles. The van der Waals surface area contributed by atoms with Crippen LogP contribution in [0, 0.1) is 5.82 Å². The maximum atomic E-state index is 13.0. The molecule has 0 radical (unpaired) electrons. The molecule has 1 N–H and O–H groups in total. The van der Waals surface area contributed by atoms with E-state index in [4.69, 9.17) is 0 Å². The quantitative estimate of drug-likeness (QED) is 0.907. The lowest BCUT2D eigenvalue weighted by molar-refractivity contribution is -0.147. The first-order valence-corrected chi connectivity index (χ1v) is 6.66. The van der Waals surface area contributed by atoms with Crippen molar-refractivity contribution in [1.29, 1.82) is 0 Å². The van der Waals surface area contributed by atoms with E-state index in [9.17, 15) is 19.1 Å². The Morgan fingerprint density at radius 3 is 2.74 bits per heavy atom. The van der Waals surface area contributed by atoms with Crippen LogP contribution in [0.5, 0.6) is 0 Å². The first-order chi connectivity index (χ1) is 8.86. The van der Waals surface area contributed by atoms with Gasteiger partial charge in [0.25, 0.3) is 5.91 Å². The van der Waals surface area contributed by atoms with Gasteiger partial charge in [0, 0.05) is 11.0 Å². The number of aliphatic carboxylic acids is 1. The number of amides is 1. The van der Waals surface area contributed by atoms with Crippen molar-refractivity contribution >= 4 is 27.8 Å². The fraction of sp³-hybridized carbons (Fsp3) is 0.385. The second-order valence-corrected chi connectivity index (χ2v) is 5.62. The molecule has 1 saturated heterocycles. The molecule has 19 heavy (non-hydrogen) atoms. The number of hydrogen-bond donors (Lipinski definition) is 1. The van der Waals surface area contributed by atoms with Crippen molar-refractivity contribution in [3.8, 4) is 0 Å². The van der Waals surface area contributed by atoms with Crippen LogP contribution in [-0.2, 0) is 4.79 Å². The van der Waals surface area contributed by atoms with Crippen molar-refractivity contribution in [1.82, 2.24) is 4.90 Å². The molecule has 1 fully saturated rings. The summed E-state index contributed by atoms with van der Waals surface area (Å²) < 4.78 is 13.4. The maximum absolute atomic E-state index is 13.0. The third kappa shape index (κ3) is 2.36. The lowest BCUT2D eigenvalue weighted by atomic mass is 9.98. The highest BCUT2D eigenvalue weighted by Crippen LogP contribution is 2.32. The third-order valence-corrected chi connectivity index (χ3v) is 4.16. The zero-order chi connectivity index (χ0) is 14.2. The van der Waals surface area contributed by atoms with Crippen molar-refractivity contribution in [2.45, 2.75) is 25.3 Å². The summed E-state index contributed by atoms with van der Waals surface area (Å²) in [5.74, 6) is -1.86. The molecule has 1 aromatic rings. The summed E-state index contributed by atoms with van der Waals surface area (Å²) in [5, 5.41) is 9.29. The van der Waals surface area contributed by atoms with Gasteiger partial charge < -0.3 is 10.0 Å². The minimum Gasteiger partial charge on any atom is -0.480 e. The van der Waals surface area contributed by atoms with E-state index in [0.717, 1.165) is 0 Å². The van der Waals surface area contributed by atoms with Crippen LogP contribution in [0.4, 0.5) is 4.39 Å². The van der Waals surface area contributed by atoms with E-state index in [1.807, 2.05) is 0 Å². The number of carboxylic acid groups (broad SMARTS) is 1. The Hall–Kier alpha value is -1.43. The summed E-state index contributed by atoms with van der Waals surface area (Å²) >= 11 is 3.13. The lowest BCUT2D eigenvalue weighted by Gasteiger charge is -2.31. The number of nitrogens with zero attached hydrogens (tertiary/aromatic N) is 1. The van der Waals surface area contributed by atoms with Crippen molar-refractivity contribution < 1.29 is 19.1 Å². The van der Waals surface area contributed by atoms with Gasteiger partial charge in [-0.05, 0) is 53.9 Å². The van der Waals surface area contributed by atoms with Gasteiger partial charge in [-0.25, -0.2) is 9.18 Å². The van der Waals surface area contributed by atoms with Crippen LogP contribution in [0.15, 0.2) is 22.7 Å². The second kappa shape index (κ2) is 4.92. The Labute approximate surface area is 118 Å². The van der Waals surface area contributed by atoms with Gasteiger partial charge in [-0.15, -0.1) is 0 Å². The van der Waals surface area contributed by atoms with Gasteiger partial charge in [-0.2, -0.15) is 0 Å². The monoisotopic (exact) mass is 329 g/mol. The van der Waals surface area contributed by atoms with E-state index in [1.54, 1.807) is 0 Å². The van der Waals surface area contributed by atoms with Crippen LogP contribution in [0.2, 0.25) is 0 Å². The molecule has 0 aromatic heterocycles. The topological polar surface area (TPSA) is 57.6 Å². The fourth-order valence-electron chi connectivity index (χ4n) is 2.32. The molecule has 1 atom stereocenters. The van der Waals surface area contributed by atoms with Crippen LogP contribution in [0.1, 0.15) is 30.1 Å². The highest BCUT2D eigenvalue weighted by atomic mass is 79.9. The molecule has 2 rings (SSSR count). The Morgan fingerprint density at radius 1 is 1.47 bits per heavy atom.